The van der Waals surface area contributed by atoms with Crippen LogP contribution in [-0.2, 0) is 6.42 Å². The number of anilines is 1. The van der Waals surface area contributed by atoms with Crippen molar-refractivity contribution >= 4 is 21.6 Å². The molecule has 2 N–H and O–H groups in total. The van der Waals surface area contributed by atoms with Crippen LogP contribution in [0.1, 0.15) is 24.8 Å². The summed E-state index contributed by atoms with van der Waals surface area (Å²) < 4.78 is 1.26. The highest BCUT2D eigenvalue weighted by atomic mass is 79.9. The van der Waals surface area contributed by atoms with Crippen molar-refractivity contribution in [3.05, 3.63) is 28.2 Å². The smallest absolute Gasteiger partial charge is 0.0412 e. The zero-order valence-corrected chi connectivity index (χ0v) is 10.9. The number of fused-ring (bicyclic) bond motifs is 3. The van der Waals surface area contributed by atoms with Crippen molar-refractivity contribution in [2.24, 2.45) is 5.73 Å². The van der Waals surface area contributed by atoms with E-state index in [0.717, 1.165) is 19.4 Å². The molecule has 2 aliphatic rings. The number of nitrogens with two attached hydrogens (primary N) is 1. The van der Waals surface area contributed by atoms with E-state index in [9.17, 15) is 0 Å². The second kappa shape index (κ2) is 4.04. The molecule has 1 aromatic carbocycles. The number of piperidine rings is 1. The summed E-state index contributed by atoms with van der Waals surface area (Å²) in [6.45, 7) is 1.12. The molecule has 16 heavy (non-hydrogen) atoms. The van der Waals surface area contributed by atoms with Gasteiger partial charge in [0.1, 0.15) is 0 Å². The van der Waals surface area contributed by atoms with Crippen molar-refractivity contribution in [1.82, 2.24) is 0 Å². The molecule has 0 spiro atoms. The predicted octanol–water partition coefficient (Wildman–Crippen LogP) is 2.69. The molecular weight excluding hydrogens is 264 g/mol. The molecule has 3 rings (SSSR count). The van der Waals surface area contributed by atoms with E-state index in [1.165, 1.54) is 28.6 Å². The standard InChI is InChI=1S/C13H17BrN2/c14-12-2-1-3-13-11(12)5-4-10-8-9(15)6-7-16(10)13/h1-3,9-10H,4-8,15H2. The Hall–Kier alpha value is -0.540. The van der Waals surface area contributed by atoms with Gasteiger partial charge in [-0.25, -0.2) is 0 Å². The van der Waals surface area contributed by atoms with Crippen LogP contribution in [0.15, 0.2) is 22.7 Å². The monoisotopic (exact) mass is 280 g/mol. The maximum absolute atomic E-state index is 6.06. The maximum Gasteiger partial charge on any atom is 0.0412 e. The zero-order chi connectivity index (χ0) is 11.1. The van der Waals surface area contributed by atoms with Crippen LogP contribution in [0.5, 0.6) is 0 Å². The van der Waals surface area contributed by atoms with E-state index in [1.807, 2.05) is 0 Å². The minimum Gasteiger partial charge on any atom is -0.368 e. The third kappa shape index (κ3) is 1.66. The van der Waals surface area contributed by atoms with Crippen molar-refractivity contribution in [3.8, 4) is 0 Å². The van der Waals surface area contributed by atoms with Gasteiger partial charge in [-0.3, -0.25) is 0 Å². The fourth-order valence-electron chi connectivity index (χ4n) is 3.05. The van der Waals surface area contributed by atoms with Crippen molar-refractivity contribution in [2.45, 2.75) is 37.8 Å². The molecule has 1 aromatic rings. The normalized spacial score (nSPS) is 28.5. The van der Waals surface area contributed by atoms with Crippen molar-refractivity contribution in [2.75, 3.05) is 11.4 Å². The lowest BCUT2D eigenvalue weighted by molar-refractivity contribution is 0.384. The number of halogens is 1. The summed E-state index contributed by atoms with van der Waals surface area (Å²) in [5.41, 5.74) is 8.96. The molecular formula is C13H17BrN2. The van der Waals surface area contributed by atoms with Crippen molar-refractivity contribution in [3.63, 3.8) is 0 Å². The van der Waals surface area contributed by atoms with Gasteiger partial charge in [0.2, 0.25) is 0 Å². The molecule has 0 aliphatic carbocycles. The van der Waals surface area contributed by atoms with Crippen molar-refractivity contribution < 1.29 is 0 Å². The highest BCUT2D eigenvalue weighted by molar-refractivity contribution is 9.10. The van der Waals surface area contributed by atoms with Gasteiger partial charge in [-0.05, 0) is 43.4 Å². The van der Waals surface area contributed by atoms with E-state index < -0.39 is 0 Å². The lowest BCUT2D eigenvalue weighted by Crippen LogP contribution is -2.49. The van der Waals surface area contributed by atoms with Gasteiger partial charge in [0.25, 0.3) is 0 Å². The van der Waals surface area contributed by atoms with E-state index in [0.29, 0.717) is 12.1 Å². The highest BCUT2D eigenvalue weighted by Crippen LogP contribution is 2.38. The quantitative estimate of drug-likeness (QED) is 0.792. The zero-order valence-electron chi connectivity index (χ0n) is 9.32. The van der Waals surface area contributed by atoms with Gasteiger partial charge in [-0.2, -0.15) is 0 Å². The Morgan fingerprint density at radius 3 is 3.06 bits per heavy atom. The Bertz CT molecular complexity index is 405. The third-order valence-electron chi connectivity index (χ3n) is 3.89. The molecule has 0 saturated carbocycles. The van der Waals surface area contributed by atoms with Crippen LogP contribution < -0.4 is 10.6 Å². The molecule has 2 unspecified atom stereocenters. The van der Waals surface area contributed by atoms with E-state index in [2.05, 4.69) is 39.0 Å². The average Bonchev–Trinajstić information content (AvgIpc) is 2.28. The molecule has 2 aliphatic heterocycles. The first-order valence-corrected chi connectivity index (χ1v) is 6.84. The van der Waals surface area contributed by atoms with E-state index in [4.69, 9.17) is 5.73 Å². The minimum atomic E-state index is 0.412. The number of nitrogens with zero attached hydrogens (tertiary/aromatic N) is 1. The van der Waals surface area contributed by atoms with Crippen LogP contribution in [0.25, 0.3) is 0 Å². The average molecular weight is 281 g/mol. The molecule has 86 valence electrons. The Balaban J connectivity index is 1.97. The largest absolute Gasteiger partial charge is 0.368 e. The number of rotatable bonds is 0. The summed E-state index contributed by atoms with van der Waals surface area (Å²) in [4.78, 5) is 2.56. The molecule has 1 saturated heterocycles. The molecule has 2 heterocycles. The number of hydrogen-bond acceptors (Lipinski definition) is 2. The molecule has 3 heteroatoms. The highest BCUT2D eigenvalue weighted by Gasteiger charge is 2.31. The van der Waals surface area contributed by atoms with Gasteiger partial charge in [0, 0.05) is 28.8 Å². The first-order chi connectivity index (χ1) is 7.75. The molecule has 2 nitrogen and oxygen atoms in total. The summed E-state index contributed by atoms with van der Waals surface area (Å²) >= 11 is 3.66. The molecule has 0 radical (unpaired) electrons. The van der Waals surface area contributed by atoms with Gasteiger partial charge in [-0.1, -0.05) is 22.0 Å². The maximum atomic E-state index is 6.06. The second-order valence-corrected chi connectivity index (χ2v) is 5.76. The molecule has 0 bridgehead atoms. The van der Waals surface area contributed by atoms with Gasteiger partial charge in [0.15, 0.2) is 0 Å². The van der Waals surface area contributed by atoms with Crippen LogP contribution in [0.4, 0.5) is 5.69 Å². The Morgan fingerprint density at radius 2 is 2.19 bits per heavy atom. The fourth-order valence-corrected chi connectivity index (χ4v) is 3.60. The first kappa shape index (κ1) is 10.6. The van der Waals surface area contributed by atoms with E-state index in [-0.39, 0.29) is 0 Å². The fraction of sp³-hybridized carbons (Fsp3) is 0.538. The van der Waals surface area contributed by atoms with Crippen LogP contribution in [0, 0.1) is 0 Å². The van der Waals surface area contributed by atoms with Crippen LogP contribution in [-0.4, -0.2) is 18.6 Å². The molecule has 2 atom stereocenters. The Morgan fingerprint density at radius 1 is 1.31 bits per heavy atom. The molecule has 0 amide bonds. The Labute approximate surface area is 105 Å². The molecule has 0 aromatic heterocycles. The summed E-state index contributed by atoms with van der Waals surface area (Å²) in [5.74, 6) is 0. The minimum absolute atomic E-state index is 0.412. The summed E-state index contributed by atoms with van der Waals surface area (Å²) in [6, 6.07) is 7.62. The van der Waals surface area contributed by atoms with Crippen LogP contribution in [0.3, 0.4) is 0 Å². The summed E-state index contributed by atoms with van der Waals surface area (Å²) in [7, 11) is 0. The molecule has 1 fully saturated rings. The van der Waals surface area contributed by atoms with Gasteiger partial charge < -0.3 is 10.6 Å². The third-order valence-corrected chi connectivity index (χ3v) is 4.63. The topological polar surface area (TPSA) is 29.3 Å². The Kier molecular flexibility index (Phi) is 2.68. The van der Waals surface area contributed by atoms with Gasteiger partial charge in [-0.15, -0.1) is 0 Å². The SMILES string of the molecule is NC1CCN2c3cccc(Br)c3CCC2C1. The van der Waals surface area contributed by atoms with Crippen molar-refractivity contribution in [1.29, 1.82) is 0 Å². The lowest BCUT2D eigenvalue weighted by Gasteiger charge is -2.44. The number of hydrogen-bond donors (Lipinski definition) is 1. The van der Waals surface area contributed by atoms with Gasteiger partial charge in [0.05, 0.1) is 0 Å². The van der Waals surface area contributed by atoms with Crippen LogP contribution >= 0.6 is 15.9 Å². The predicted molar refractivity (Wildman–Crippen MR) is 70.8 cm³/mol. The first-order valence-electron chi connectivity index (χ1n) is 6.05. The second-order valence-electron chi connectivity index (χ2n) is 4.91. The summed E-state index contributed by atoms with van der Waals surface area (Å²) in [5, 5.41) is 0. The van der Waals surface area contributed by atoms with Crippen LogP contribution in [0.2, 0.25) is 0 Å². The van der Waals surface area contributed by atoms with E-state index in [1.54, 1.807) is 0 Å². The van der Waals surface area contributed by atoms with E-state index >= 15 is 0 Å². The number of benzene rings is 1. The van der Waals surface area contributed by atoms with Gasteiger partial charge >= 0.3 is 0 Å². The lowest BCUT2D eigenvalue weighted by atomic mass is 9.88. The summed E-state index contributed by atoms with van der Waals surface area (Å²) in [6.07, 6.45) is 4.72.